The van der Waals surface area contributed by atoms with Crippen molar-refractivity contribution in [2.45, 2.75) is 11.4 Å². The largest absolute Gasteiger partial charge is 0.268 e. The van der Waals surface area contributed by atoms with Crippen LogP contribution in [0.15, 0.2) is 78.3 Å². The molecule has 0 amide bonds. The van der Waals surface area contributed by atoms with Crippen molar-refractivity contribution < 1.29 is 8.42 Å². The first kappa shape index (κ1) is 16.2. The molecule has 2 N–H and O–H groups in total. The van der Waals surface area contributed by atoms with Gasteiger partial charge in [0.05, 0.1) is 11.4 Å². The molecule has 1 heterocycles. The highest BCUT2D eigenvalue weighted by molar-refractivity contribution is 7.89. The molecule has 6 heteroatoms. The lowest BCUT2D eigenvalue weighted by Gasteiger charge is -2.04. The summed E-state index contributed by atoms with van der Waals surface area (Å²) in [6.45, 7) is 4.33. The highest BCUT2D eigenvalue weighted by Gasteiger charge is 2.14. The van der Waals surface area contributed by atoms with E-state index in [1.165, 1.54) is 12.1 Å². The molecule has 0 spiro atoms. The molecule has 0 aliphatic carbocycles. The minimum atomic E-state index is -3.71. The molecule has 0 saturated heterocycles. The lowest BCUT2D eigenvalue weighted by molar-refractivity contribution is 0.598. The number of rotatable bonds is 5. The van der Waals surface area contributed by atoms with Gasteiger partial charge in [0, 0.05) is 17.3 Å². The molecule has 0 atom stereocenters. The second-order valence-electron chi connectivity index (χ2n) is 5.34. The van der Waals surface area contributed by atoms with Crippen molar-refractivity contribution in [1.82, 2.24) is 9.78 Å². The van der Waals surface area contributed by atoms with Crippen LogP contribution in [0.25, 0.3) is 22.4 Å². The average Bonchev–Trinajstić information content (AvgIpc) is 2.99. The average molecular weight is 339 g/mol. The fourth-order valence-electron chi connectivity index (χ4n) is 2.49. The van der Waals surface area contributed by atoms with Crippen LogP contribution in [0.3, 0.4) is 0 Å². The van der Waals surface area contributed by atoms with Crippen LogP contribution >= 0.6 is 0 Å². The number of hydrogen-bond acceptors (Lipinski definition) is 3. The van der Waals surface area contributed by atoms with Crippen LogP contribution < -0.4 is 5.14 Å². The Bertz CT molecular complexity index is 959. The molecule has 0 aliphatic heterocycles. The van der Waals surface area contributed by atoms with Gasteiger partial charge in [-0.2, -0.15) is 5.10 Å². The Morgan fingerprint density at radius 2 is 1.71 bits per heavy atom. The topological polar surface area (TPSA) is 78.0 Å². The van der Waals surface area contributed by atoms with Crippen LogP contribution in [-0.4, -0.2) is 18.2 Å². The number of benzene rings is 2. The van der Waals surface area contributed by atoms with Gasteiger partial charge in [0.25, 0.3) is 0 Å². The molecular weight excluding hydrogens is 322 g/mol. The van der Waals surface area contributed by atoms with E-state index in [2.05, 4.69) is 11.7 Å². The monoisotopic (exact) mass is 339 g/mol. The van der Waals surface area contributed by atoms with Gasteiger partial charge in [0.2, 0.25) is 10.0 Å². The number of nitrogens with two attached hydrogens (primary N) is 1. The van der Waals surface area contributed by atoms with E-state index in [9.17, 15) is 8.42 Å². The van der Waals surface area contributed by atoms with E-state index in [1.807, 2.05) is 36.5 Å². The van der Waals surface area contributed by atoms with E-state index < -0.39 is 10.0 Å². The number of sulfonamides is 1. The normalized spacial score (nSPS) is 11.4. The standard InChI is InChI=1S/C18H17N3O2S/c1-2-12-21-13-17(14-6-4-3-5-7-14)18(20-21)15-8-10-16(11-9-15)24(19,22)23/h2-11,13H,1,12H2,(H2,19,22,23). The summed E-state index contributed by atoms with van der Waals surface area (Å²) < 4.78 is 24.6. The summed E-state index contributed by atoms with van der Waals surface area (Å²) in [6, 6.07) is 16.3. The lowest BCUT2D eigenvalue weighted by atomic mass is 10.0. The molecule has 0 fully saturated rings. The van der Waals surface area contributed by atoms with E-state index in [4.69, 9.17) is 5.14 Å². The van der Waals surface area contributed by atoms with Crippen molar-refractivity contribution in [2.24, 2.45) is 5.14 Å². The summed E-state index contributed by atoms with van der Waals surface area (Å²) in [5, 5.41) is 9.75. The molecule has 0 radical (unpaired) electrons. The molecule has 0 bridgehead atoms. The van der Waals surface area contributed by atoms with Crippen molar-refractivity contribution >= 4 is 10.0 Å². The Hall–Kier alpha value is -2.70. The number of nitrogens with zero attached hydrogens (tertiary/aromatic N) is 2. The Morgan fingerprint density at radius 3 is 2.29 bits per heavy atom. The third kappa shape index (κ3) is 3.29. The van der Waals surface area contributed by atoms with Crippen molar-refractivity contribution in [3.05, 3.63) is 73.4 Å². The lowest BCUT2D eigenvalue weighted by Crippen LogP contribution is -2.11. The predicted octanol–water partition coefficient (Wildman–Crippen LogP) is 3.05. The van der Waals surface area contributed by atoms with Crippen LogP contribution in [0.5, 0.6) is 0 Å². The second kappa shape index (κ2) is 6.43. The van der Waals surface area contributed by atoms with Gasteiger partial charge in [-0.15, -0.1) is 6.58 Å². The van der Waals surface area contributed by atoms with Crippen LogP contribution in [0.1, 0.15) is 0 Å². The molecule has 3 rings (SSSR count). The van der Waals surface area contributed by atoms with Crippen molar-refractivity contribution in [2.75, 3.05) is 0 Å². The number of aromatic nitrogens is 2. The molecule has 3 aromatic rings. The van der Waals surface area contributed by atoms with Gasteiger partial charge in [-0.25, -0.2) is 13.6 Å². The summed E-state index contributed by atoms with van der Waals surface area (Å²) in [4.78, 5) is 0.0815. The van der Waals surface area contributed by atoms with Crippen LogP contribution in [0.4, 0.5) is 0 Å². The van der Waals surface area contributed by atoms with Gasteiger partial charge in [0.1, 0.15) is 5.69 Å². The first-order chi connectivity index (χ1) is 11.5. The van der Waals surface area contributed by atoms with Gasteiger partial charge in [-0.3, -0.25) is 4.68 Å². The minimum absolute atomic E-state index is 0.0815. The van der Waals surface area contributed by atoms with E-state index in [1.54, 1.807) is 22.9 Å². The zero-order valence-electron chi connectivity index (χ0n) is 13.0. The molecule has 5 nitrogen and oxygen atoms in total. The summed E-state index contributed by atoms with van der Waals surface area (Å²) in [5.74, 6) is 0. The zero-order valence-corrected chi connectivity index (χ0v) is 13.8. The molecule has 1 aromatic heterocycles. The summed E-state index contributed by atoms with van der Waals surface area (Å²) in [5.41, 5.74) is 3.62. The second-order valence-corrected chi connectivity index (χ2v) is 6.90. The van der Waals surface area contributed by atoms with Gasteiger partial charge in [-0.05, 0) is 17.7 Å². The quantitative estimate of drug-likeness (QED) is 0.726. The van der Waals surface area contributed by atoms with Crippen molar-refractivity contribution in [3.8, 4) is 22.4 Å². The van der Waals surface area contributed by atoms with Crippen LogP contribution in [-0.2, 0) is 16.6 Å². The Balaban J connectivity index is 2.11. The smallest absolute Gasteiger partial charge is 0.238 e. The maximum atomic E-state index is 11.4. The van der Waals surface area contributed by atoms with E-state index in [0.717, 1.165) is 22.4 Å². The highest BCUT2D eigenvalue weighted by atomic mass is 32.2. The Kier molecular flexibility index (Phi) is 4.33. The van der Waals surface area contributed by atoms with Gasteiger partial charge < -0.3 is 0 Å². The molecule has 24 heavy (non-hydrogen) atoms. The van der Waals surface area contributed by atoms with E-state index >= 15 is 0 Å². The van der Waals surface area contributed by atoms with Gasteiger partial charge >= 0.3 is 0 Å². The van der Waals surface area contributed by atoms with Crippen LogP contribution in [0, 0.1) is 0 Å². The summed E-state index contributed by atoms with van der Waals surface area (Å²) in [7, 11) is -3.71. The zero-order chi connectivity index (χ0) is 17.2. The minimum Gasteiger partial charge on any atom is -0.268 e. The number of primary sulfonamides is 1. The number of allylic oxidation sites excluding steroid dienone is 1. The number of hydrogen-bond donors (Lipinski definition) is 1. The Morgan fingerprint density at radius 1 is 1.04 bits per heavy atom. The van der Waals surface area contributed by atoms with E-state index in [0.29, 0.717) is 6.54 Å². The molecule has 0 saturated carbocycles. The fraction of sp³-hybridized carbons (Fsp3) is 0.0556. The molecule has 0 aliphatic rings. The SMILES string of the molecule is C=CCn1cc(-c2ccccc2)c(-c2ccc(S(N)(=O)=O)cc2)n1. The maximum absolute atomic E-state index is 11.4. The molecule has 122 valence electrons. The third-order valence-corrected chi connectivity index (χ3v) is 4.55. The predicted molar refractivity (Wildman–Crippen MR) is 94.7 cm³/mol. The maximum Gasteiger partial charge on any atom is 0.238 e. The van der Waals surface area contributed by atoms with Gasteiger partial charge in [0.15, 0.2) is 0 Å². The first-order valence-corrected chi connectivity index (χ1v) is 8.90. The fourth-order valence-corrected chi connectivity index (χ4v) is 3.01. The van der Waals surface area contributed by atoms with Crippen molar-refractivity contribution in [1.29, 1.82) is 0 Å². The van der Waals surface area contributed by atoms with E-state index in [-0.39, 0.29) is 4.90 Å². The van der Waals surface area contributed by atoms with Gasteiger partial charge in [-0.1, -0.05) is 48.5 Å². The van der Waals surface area contributed by atoms with Crippen LogP contribution in [0.2, 0.25) is 0 Å². The first-order valence-electron chi connectivity index (χ1n) is 7.36. The van der Waals surface area contributed by atoms with Crippen molar-refractivity contribution in [3.63, 3.8) is 0 Å². The molecular formula is C18H17N3O2S. The highest BCUT2D eigenvalue weighted by Crippen LogP contribution is 2.31. The molecule has 2 aromatic carbocycles. The Labute approximate surface area is 141 Å². The summed E-state index contributed by atoms with van der Waals surface area (Å²) >= 11 is 0. The summed E-state index contributed by atoms with van der Waals surface area (Å²) in [6.07, 6.45) is 3.73. The third-order valence-electron chi connectivity index (χ3n) is 3.62. The molecule has 0 unspecified atom stereocenters.